The molecule has 1 aromatic carbocycles. The summed E-state index contributed by atoms with van der Waals surface area (Å²) in [5.74, 6) is 0.486. The number of hydrogen-bond donors (Lipinski definition) is 1. The highest BCUT2D eigenvalue weighted by Crippen LogP contribution is 2.53. The molecule has 0 radical (unpaired) electrons. The minimum Gasteiger partial charge on any atom is -0.385 e. The molecule has 1 nitrogen and oxygen atoms in total. The average Bonchev–Trinajstić information content (AvgIpc) is 2.81. The van der Waals surface area contributed by atoms with Crippen molar-refractivity contribution in [2.24, 2.45) is 5.92 Å². The van der Waals surface area contributed by atoms with Crippen LogP contribution in [0.25, 0.3) is 0 Å². The van der Waals surface area contributed by atoms with E-state index < -0.39 is 5.60 Å². The predicted octanol–water partition coefficient (Wildman–Crippen LogP) is 2.30. The van der Waals surface area contributed by atoms with E-state index in [1.807, 2.05) is 30.3 Å². The van der Waals surface area contributed by atoms with Crippen molar-refractivity contribution in [3.63, 3.8) is 0 Å². The number of aliphatic hydroxyl groups is 1. The van der Waals surface area contributed by atoms with Gasteiger partial charge in [0.05, 0.1) is 5.60 Å². The van der Waals surface area contributed by atoms with Crippen LogP contribution in [-0.2, 0) is 5.60 Å². The minimum atomic E-state index is -0.490. The van der Waals surface area contributed by atoms with Crippen molar-refractivity contribution >= 4 is 0 Å². The Bertz CT molecular complexity index is 268. The van der Waals surface area contributed by atoms with Gasteiger partial charge in [-0.2, -0.15) is 0 Å². The molecule has 12 heavy (non-hydrogen) atoms. The fourth-order valence-corrected chi connectivity index (χ4v) is 1.88. The Morgan fingerprint density at radius 3 is 2.58 bits per heavy atom. The van der Waals surface area contributed by atoms with Gasteiger partial charge in [0.1, 0.15) is 0 Å². The second-order valence-corrected chi connectivity index (χ2v) is 3.60. The highest BCUT2D eigenvalue weighted by atomic mass is 16.3. The first-order chi connectivity index (χ1) is 5.77. The van der Waals surface area contributed by atoms with E-state index >= 15 is 0 Å². The molecule has 0 aromatic heterocycles. The molecule has 0 saturated heterocycles. The summed E-state index contributed by atoms with van der Waals surface area (Å²) in [6.45, 7) is 2.13. The fraction of sp³-hybridized carbons (Fsp3) is 0.455. The van der Waals surface area contributed by atoms with Crippen LogP contribution >= 0.6 is 0 Å². The molecule has 2 rings (SSSR count). The summed E-state index contributed by atoms with van der Waals surface area (Å²) in [6, 6.07) is 9.97. The summed E-state index contributed by atoms with van der Waals surface area (Å²) in [4.78, 5) is 0. The molecule has 1 aromatic rings. The third kappa shape index (κ3) is 1.05. The molecule has 64 valence electrons. The van der Waals surface area contributed by atoms with Crippen molar-refractivity contribution in [3.05, 3.63) is 35.9 Å². The van der Waals surface area contributed by atoms with E-state index in [9.17, 15) is 5.11 Å². The lowest BCUT2D eigenvalue weighted by Gasteiger charge is -2.09. The number of benzene rings is 1. The molecule has 0 bridgehead atoms. The highest BCUT2D eigenvalue weighted by Gasteiger charge is 2.52. The summed E-state index contributed by atoms with van der Waals surface area (Å²) >= 11 is 0. The van der Waals surface area contributed by atoms with Gasteiger partial charge in [-0.25, -0.2) is 0 Å². The minimum absolute atomic E-state index is 0.486. The summed E-state index contributed by atoms with van der Waals surface area (Å²) < 4.78 is 0. The lowest BCUT2D eigenvalue weighted by Crippen LogP contribution is -2.07. The largest absolute Gasteiger partial charge is 0.385 e. The van der Waals surface area contributed by atoms with Gasteiger partial charge in [-0.15, -0.1) is 0 Å². The molecule has 0 spiro atoms. The monoisotopic (exact) mass is 162 g/mol. The molecule has 1 heteroatoms. The van der Waals surface area contributed by atoms with E-state index in [0.717, 1.165) is 18.4 Å². The van der Waals surface area contributed by atoms with E-state index in [1.54, 1.807) is 0 Å². The van der Waals surface area contributed by atoms with E-state index in [2.05, 4.69) is 6.92 Å². The first-order valence-electron chi connectivity index (χ1n) is 4.55. The Kier molecular flexibility index (Phi) is 1.69. The summed E-state index contributed by atoms with van der Waals surface area (Å²) in [7, 11) is 0. The normalized spacial score (nSPS) is 33.3. The standard InChI is InChI=1S/C11H14O/c1-2-9-8-11(9,12)10-6-4-3-5-7-10/h3-7,9,12H,2,8H2,1H3/t9-,11+/m0/s1. The maximum atomic E-state index is 10.1. The molecule has 0 aliphatic heterocycles. The molecule has 0 unspecified atom stereocenters. The quantitative estimate of drug-likeness (QED) is 0.707. The summed E-state index contributed by atoms with van der Waals surface area (Å²) in [6.07, 6.45) is 2.01. The third-order valence-electron chi connectivity index (χ3n) is 2.84. The van der Waals surface area contributed by atoms with Crippen LogP contribution in [0, 0.1) is 5.92 Å². The molecule has 1 fully saturated rings. The van der Waals surface area contributed by atoms with Gasteiger partial charge in [0.25, 0.3) is 0 Å². The average molecular weight is 162 g/mol. The van der Waals surface area contributed by atoms with Crippen molar-refractivity contribution in [1.29, 1.82) is 0 Å². The van der Waals surface area contributed by atoms with Gasteiger partial charge in [-0.3, -0.25) is 0 Å². The Balaban J connectivity index is 2.23. The van der Waals surface area contributed by atoms with E-state index in [0.29, 0.717) is 5.92 Å². The van der Waals surface area contributed by atoms with Crippen molar-refractivity contribution in [1.82, 2.24) is 0 Å². The maximum Gasteiger partial charge on any atom is 0.0929 e. The first kappa shape index (κ1) is 7.81. The summed E-state index contributed by atoms with van der Waals surface area (Å²) in [5.41, 5.74) is 0.590. The van der Waals surface area contributed by atoms with Crippen LogP contribution < -0.4 is 0 Å². The molecular formula is C11H14O. The fourth-order valence-electron chi connectivity index (χ4n) is 1.88. The van der Waals surface area contributed by atoms with Crippen LogP contribution in [0.3, 0.4) is 0 Å². The van der Waals surface area contributed by atoms with Crippen LogP contribution in [-0.4, -0.2) is 5.11 Å². The van der Waals surface area contributed by atoms with Gasteiger partial charge in [-0.1, -0.05) is 43.7 Å². The molecular weight excluding hydrogens is 148 g/mol. The van der Waals surface area contributed by atoms with Crippen LogP contribution in [0.5, 0.6) is 0 Å². The highest BCUT2D eigenvalue weighted by molar-refractivity contribution is 5.29. The Labute approximate surface area is 73.0 Å². The van der Waals surface area contributed by atoms with Gasteiger partial charge in [0, 0.05) is 0 Å². The van der Waals surface area contributed by atoms with Crippen LogP contribution in [0.2, 0.25) is 0 Å². The lowest BCUT2D eigenvalue weighted by molar-refractivity contribution is 0.130. The molecule has 1 N–H and O–H groups in total. The molecule has 0 amide bonds. The molecule has 2 atom stereocenters. The predicted molar refractivity (Wildman–Crippen MR) is 48.7 cm³/mol. The number of rotatable bonds is 2. The van der Waals surface area contributed by atoms with E-state index in [4.69, 9.17) is 0 Å². The summed E-state index contributed by atoms with van der Waals surface area (Å²) in [5, 5.41) is 10.1. The second-order valence-electron chi connectivity index (χ2n) is 3.60. The molecule has 1 aliphatic carbocycles. The molecule has 0 heterocycles. The zero-order chi connectivity index (χ0) is 8.60. The second kappa shape index (κ2) is 2.60. The van der Waals surface area contributed by atoms with Crippen LogP contribution in [0.15, 0.2) is 30.3 Å². The smallest absolute Gasteiger partial charge is 0.0929 e. The number of hydrogen-bond acceptors (Lipinski definition) is 1. The van der Waals surface area contributed by atoms with Gasteiger partial charge >= 0.3 is 0 Å². The van der Waals surface area contributed by atoms with Crippen molar-refractivity contribution in [2.75, 3.05) is 0 Å². The topological polar surface area (TPSA) is 20.2 Å². The zero-order valence-corrected chi connectivity index (χ0v) is 7.33. The van der Waals surface area contributed by atoms with Crippen LogP contribution in [0.4, 0.5) is 0 Å². The zero-order valence-electron chi connectivity index (χ0n) is 7.33. The van der Waals surface area contributed by atoms with Gasteiger partial charge in [0.2, 0.25) is 0 Å². The maximum absolute atomic E-state index is 10.1. The SMILES string of the molecule is CC[C@H]1C[C@]1(O)c1ccccc1. The Morgan fingerprint density at radius 2 is 2.08 bits per heavy atom. The van der Waals surface area contributed by atoms with Gasteiger partial charge in [-0.05, 0) is 17.9 Å². The lowest BCUT2D eigenvalue weighted by atomic mass is 10.1. The molecule has 1 saturated carbocycles. The van der Waals surface area contributed by atoms with E-state index in [1.165, 1.54) is 0 Å². The van der Waals surface area contributed by atoms with E-state index in [-0.39, 0.29) is 0 Å². The Morgan fingerprint density at radius 1 is 1.42 bits per heavy atom. The molecule has 1 aliphatic rings. The first-order valence-corrected chi connectivity index (χ1v) is 4.55. The van der Waals surface area contributed by atoms with Crippen LogP contribution in [0.1, 0.15) is 25.3 Å². The van der Waals surface area contributed by atoms with Crippen molar-refractivity contribution in [2.45, 2.75) is 25.4 Å². The van der Waals surface area contributed by atoms with Gasteiger partial charge in [0.15, 0.2) is 0 Å². The van der Waals surface area contributed by atoms with Crippen molar-refractivity contribution < 1.29 is 5.11 Å². The van der Waals surface area contributed by atoms with Crippen molar-refractivity contribution in [3.8, 4) is 0 Å². The third-order valence-corrected chi connectivity index (χ3v) is 2.84. The Hall–Kier alpha value is -0.820. The van der Waals surface area contributed by atoms with Gasteiger partial charge < -0.3 is 5.11 Å².